The number of carbonyl (C=O) groups is 1. The van der Waals surface area contributed by atoms with Crippen LogP contribution in [0.25, 0.3) is 0 Å². The molecule has 0 aliphatic heterocycles. The largest absolute Gasteiger partial charge is 0.312 e. The van der Waals surface area contributed by atoms with Gasteiger partial charge in [0.15, 0.2) is 5.16 Å². The van der Waals surface area contributed by atoms with E-state index in [1.54, 1.807) is 11.8 Å². The first-order valence-electron chi connectivity index (χ1n) is 7.50. The Morgan fingerprint density at radius 3 is 2.75 bits per heavy atom. The molecular formula is C16H17N5OS2. The molecule has 1 amide bonds. The number of amides is 1. The van der Waals surface area contributed by atoms with E-state index in [1.165, 1.54) is 17.7 Å². The number of thioether (sulfide) groups is 1. The Morgan fingerprint density at radius 1 is 1.33 bits per heavy atom. The van der Waals surface area contributed by atoms with Gasteiger partial charge in [-0.1, -0.05) is 30.8 Å². The van der Waals surface area contributed by atoms with Crippen LogP contribution < -0.4 is 5.32 Å². The van der Waals surface area contributed by atoms with Crippen molar-refractivity contribution < 1.29 is 4.79 Å². The molecule has 0 aliphatic carbocycles. The lowest BCUT2D eigenvalue weighted by Gasteiger charge is -2.05. The van der Waals surface area contributed by atoms with Gasteiger partial charge in [0, 0.05) is 11.3 Å². The van der Waals surface area contributed by atoms with Gasteiger partial charge in [0.25, 0.3) is 5.91 Å². The number of H-pyrrole nitrogens is 1. The lowest BCUT2D eigenvalue weighted by molar-refractivity contribution is 0.102. The smallest absolute Gasteiger partial charge is 0.256 e. The summed E-state index contributed by atoms with van der Waals surface area (Å²) in [5, 5.41) is 12.2. The Hall–Kier alpha value is -2.19. The molecule has 2 N–H and O–H groups in total. The second kappa shape index (κ2) is 7.59. The third kappa shape index (κ3) is 4.01. The molecule has 3 aromatic rings. The van der Waals surface area contributed by atoms with Gasteiger partial charge in [-0.05, 0) is 31.0 Å². The maximum Gasteiger partial charge on any atom is 0.256 e. The van der Waals surface area contributed by atoms with Crippen molar-refractivity contribution in [3.63, 3.8) is 0 Å². The van der Waals surface area contributed by atoms with Crippen molar-refractivity contribution in [2.24, 2.45) is 0 Å². The lowest BCUT2D eigenvalue weighted by Crippen LogP contribution is -2.11. The first-order valence-corrected chi connectivity index (χ1v) is 9.30. The van der Waals surface area contributed by atoms with Gasteiger partial charge in [-0.2, -0.15) is 5.10 Å². The Morgan fingerprint density at radius 2 is 2.12 bits per heavy atom. The number of nitrogens with one attached hydrogen (secondary N) is 2. The van der Waals surface area contributed by atoms with E-state index in [1.807, 2.05) is 31.2 Å². The standard InChI is InChI=1S/C16H17N5OS2/c1-3-13-19-10(2)15(24-13)20-14(22)12-6-4-11(5-7-12)8-23-16-17-9-18-21-16/h4-7,9H,3,8H2,1-2H3,(H,20,22)(H,17,18,21). The molecule has 124 valence electrons. The summed E-state index contributed by atoms with van der Waals surface area (Å²) in [6.07, 6.45) is 2.36. The maximum atomic E-state index is 12.4. The molecule has 0 aliphatic rings. The van der Waals surface area contributed by atoms with Crippen LogP contribution in [0.2, 0.25) is 0 Å². The number of aromatic nitrogens is 4. The number of aryl methyl sites for hydroxylation is 2. The van der Waals surface area contributed by atoms with Crippen molar-refractivity contribution in [2.45, 2.75) is 31.2 Å². The molecule has 2 aromatic heterocycles. The molecule has 2 heterocycles. The fraction of sp³-hybridized carbons (Fsp3) is 0.250. The highest BCUT2D eigenvalue weighted by Crippen LogP contribution is 2.25. The van der Waals surface area contributed by atoms with Crippen LogP contribution in [-0.2, 0) is 12.2 Å². The van der Waals surface area contributed by atoms with Gasteiger partial charge in [0.1, 0.15) is 11.3 Å². The molecule has 0 saturated heterocycles. The average molecular weight is 359 g/mol. The van der Waals surface area contributed by atoms with Crippen LogP contribution in [0.1, 0.15) is 33.5 Å². The number of aromatic amines is 1. The number of nitrogens with zero attached hydrogens (tertiary/aromatic N) is 3. The number of benzene rings is 1. The van der Waals surface area contributed by atoms with Crippen LogP contribution >= 0.6 is 23.1 Å². The predicted octanol–water partition coefficient (Wildman–Crippen LogP) is 3.68. The quantitative estimate of drug-likeness (QED) is 0.656. The first kappa shape index (κ1) is 16.7. The third-order valence-corrected chi connectivity index (χ3v) is 5.52. The topological polar surface area (TPSA) is 83.6 Å². The highest BCUT2D eigenvalue weighted by atomic mass is 32.2. The zero-order valence-electron chi connectivity index (χ0n) is 13.4. The van der Waals surface area contributed by atoms with Crippen LogP contribution in [0.15, 0.2) is 35.7 Å². The Labute approximate surface area is 148 Å². The fourth-order valence-electron chi connectivity index (χ4n) is 2.06. The minimum Gasteiger partial charge on any atom is -0.312 e. The number of rotatable bonds is 6. The summed E-state index contributed by atoms with van der Waals surface area (Å²) in [4.78, 5) is 20.9. The number of hydrogen-bond acceptors (Lipinski definition) is 6. The second-order valence-corrected chi connectivity index (χ2v) is 7.15. The van der Waals surface area contributed by atoms with Crippen molar-refractivity contribution >= 4 is 34.0 Å². The number of carbonyl (C=O) groups excluding carboxylic acids is 1. The summed E-state index contributed by atoms with van der Waals surface area (Å²) in [7, 11) is 0. The minimum absolute atomic E-state index is 0.112. The van der Waals surface area contributed by atoms with Gasteiger partial charge in [0.05, 0.1) is 10.7 Å². The highest BCUT2D eigenvalue weighted by Gasteiger charge is 2.11. The number of anilines is 1. The number of thiazole rings is 1. The normalized spacial score (nSPS) is 10.8. The van der Waals surface area contributed by atoms with Gasteiger partial charge in [-0.3, -0.25) is 9.89 Å². The van der Waals surface area contributed by atoms with E-state index in [0.717, 1.165) is 38.6 Å². The molecule has 0 saturated carbocycles. The molecule has 24 heavy (non-hydrogen) atoms. The van der Waals surface area contributed by atoms with E-state index < -0.39 is 0 Å². The molecule has 0 fully saturated rings. The highest BCUT2D eigenvalue weighted by molar-refractivity contribution is 7.98. The molecular weight excluding hydrogens is 342 g/mol. The van der Waals surface area contributed by atoms with E-state index in [0.29, 0.717) is 5.56 Å². The minimum atomic E-state index is -0.112. The Balaban J connectivity index is 1.61. The van der Waals surface area contributed by atoms with E-state index >= 15 is 0 Å². The van der Waals surface area contributed by atoms with Crippen LogP contribution in [0, 0.1) is 6.92 Å². The molecule has 0 unspecified atom stereocenters. The van der Waals surface area contributed by atoms with Crippen molar-refractivity contribution in [3.05, 3.63) is 52.4 Å². The van der Waals surface area contributed by atoms with Crippen LogP contribution in [-0.4, -0.2) is 26.1 Å². The van der Waals surface area contributed by atoms with E-state index in [2.05, 4.69) is 32.4 Å². The van der Waals surface area contributed by atoms with Crippen molar-refractivity contribution in [1.29, 1.82) is 0 Å². The predicted molar refractivity (Wildman–Crippen MR) is 96.6 cm³/mol. The molecule has 0 spiro atoms. The SMILES string of the molecule is CCc1nc(C)c(NC(=O)c2ccc(CSc3ncn[nH]3)cc2)s1. The summed E-state index contributed by atoms with van der Waals surface area (Å²) in [6, 6.07) is 7.58. The van der Waals surface area contributed by atoms with Crippen LogP contribution in [0.5, 0.6) is 0 Å². The van der Waals surface area contributed by atoms with E-state index in [4.69, 9.17) is 0 Å². The second-order valence-electron chi connectivity index (χ2n) is 5.11. The third-order valence-electron chi connectivity index (χ3n) is 3.35. The van der Waals surface area contributed by atoms with Gasteiger partial charge < -0.3 is 5.32 Å². The molecule has 0 radical (unpaired) electrons. The average Bonchev–Trinajstić information content (AvgIpc) is 3.23. The summed E-state index contributed by atoms with van der Waals surface area (Å²) >= 11 is 3.10. The van der Waals surface area contributed by atoms with Crippen molar-refractivity contribution in [3.8, 4) is 0 Å². The summed E-state index contributed by atoms with van der Waals surface area (Å²) < 4.78 is 0. The van der Waals surface area contributed by atoms with E-state index in [9.17, 15) is 4.79 Å². The van der Waals surface area contributed by atoms with Gasteiger partial charge >= 0.3 is 0 Å². The summed E-state index contributed by atoms with van der Waals surface area (Å²) in [5.41, 5.74) is 2.62. The summed E-state index contributed by atoms with van der Waals surface area (Å²) in [5.74, 6) is 0.657. The van der Waals surface area contributed by atoms with Gasteiger partial charge in [0.2, 0.25) is 0 Å². The molecule has 1 aromatic carbocycles. The van der Waals surface area contributed by atoms with Crippen LogP contribution in [0.3, 0.4) is 0 Å². The fourth-order valence-corrected chi connectivity index (χ4v) is 3.70. The van der Waals surface area contributed by atoms with Crippen molar-refractivity contribution in [1.82, 2.24) is 20.2 Å². The maximum absolute atomic E-state index is 12.4. The van der Waals surface area contributed by atoms with E-state index in [-0.39, 0.29) is 5.91 Å². The molecule has 0 bridgehead atoms. The van der Waals surface area contributed by atoms with Gasteiger partial charge in [-0.25, -0.2) is 9.97 Å². The molecule has 3 rings (SSSR count). The molecule has 8 heteroatoms. The Bertz CT molecular complexity index is 812. The molecule has 6 nitrogen and oxygen atoms in total. The van der Waals surface area contributed by atoms with Gasteiger partial charge in [-0.15, -0.1) is 11.3 Å². The monoisotopic (exact) mass is 359 g/mol. The first-order chi connectivity index (χ1) is 11.7. The van der Waals surface area contributed by atoms with Crippen molar-refractivity contribution in [2.75, 3.05) is 5.32 Å². The molecule has 0 atom stereocenters. The van der Waals surface area contributed by atoms with Crippen LogP contribution in [0.4, 0.5) is 5.00 Å². The lowest BCUT2D eigenvalue weighted by atomic mass is 10.1. The number of hydrogen-bond donors (Lipinski definition) is 2. The Kier molecular flexibility index (Phi) is 5.27. The zero-order valence-corrected chi connectivity index (χ0v) is 15.0. The summed E-state index contributed by atoms with van der Waals surface area (Å²) in [6.45, 7) is 3.97. The zero-order chi connectivity index (χ0) is 16.9.